The van der Waals surface area contributed by atoms with Gasteiger partial charge in [0.2, 0.25) is 5.91 Å². The number of nitrogens with one attached hydrogen (secondary N) is 2. The van der Waals surface area contributed by atoms with Crippen LogP contribution in [0.2, 0.25) is 0 Å². The van der Waals surface area contributed by atoms with Gasteiger partial charge in [0.25, 0.3) is 0 Å². The van der Waals surface area contributed by atoms with Crippen molar-refractivity contribution >= 4 is 23.6 Å². The first-order valence-electron chi connectivity index (χ1n) is 8.77. The highest BCUT2D eigenvalue weighted by Crippen LogP contribution is 2.19. The van der Waals surface area contributed by atoms with Crippen molar-refractivity contribution in [3.05, 3.63) is 29.8 Å². The van der Waals surface area contributed by atoms with Crippen molar-refractivity contribution in [2.24, 2.45) is 4.99 Å². The van der Waals surface area contributed by atoms with Crippen LogP contribution in [0.1, 0.15) is 18.9 Å². The number of carbonyl (C=O) groups excluding carboxylic acids is 2. The molecule has 0 saturated carbocycles. The normalized spacial score (nSPS) is 14.2. The van der Waals surface area contributed by atoms with Crippen molar-refractivity contribution in [2.45, 2.75) is 19.9 Å². The molecule has 1 fully saturated rings. The maximum atomic E-state index is 11.7. The van der Waals surface area contributed by atoms with Gasteiger partial charge in [-0.25, -0.2) is 9.79 Å². The third-order valence-corrected chi connectivity index (χ3v) is 3.88. The lowest BCUT2D eigenvalue weighted by Crippen LogP contribution is -2.43. The lowest BCUT2D eigenvalue weighted by molar-refractivity contribution is -0.127. The van der Waals surface area contributed by atoms with Gasteiger partial charge in [0, 0.05) is 26.3 Å². The number of likely N-dealkylation sites (N-methyl/N-ethyl adjacent to an activating group) is 1. The number of ether oxygens (including phenoxy) is 1. The molecule has 1 saturated heterocycles. The zero-order valence-corrected chi connectivity index (χ0v) is 15.6. The van der Waals surface area contributed by atoms with E-state index in [-0.39, 0.29) is 18.5 Å². The van der Waals surface area contributed by atoms with Gasteiger partial charge in [-0.3, -0.25) is 9.69 Å². The van der Waals surface area contributed by atoms with Crippen LogP contribution in [-0.4, -0.2) is 63.2 Å². The second-order valence-electron chi connectivity index (χ2n) is 6.17. The summed E-state index contributed by atoms with van der Waals surface area (Å²) in [5.74, 6) is 0.590. The predicted octanol–water partition coefficient (Wildman–Crippen LogP) is 1.18. The summed E-state index contributed by atoms with van der Waals surface area (Å²) in [5.41, 5.74) is 1.83. The van der Waals surface area contributed by atoms with Crippen molar-refractivity contribution < 1.29 is 14.3 Å². The predicted molar refractivity (Wildman–Crippen MR) is 101 cm³/mol. The second-order valence-corrected chi connectivity index (χ2v) is 6.17. The average Bonchev–Trinajstić information content (AvgIpc) is 3.07. The third-order valence-electron chi connectivity index (χ3n) is 3.88. The highest BCUT2D eigenvalue weighted by atomic mass is 16.6. The van der Waals surface area contributed by atoms with Gasteiger partial charge in [-0.05, 0) is 24.1 Å². The third kappa shape index (κ3) is 5.65. The van der Waals surface area contributed by atoms with Gasteiger partial charge in [-0.2, -0.15) is 0 Å². The molecule has 2 rings (SSSR count). The van der Waals surface area contributed by atoms with E-state index in [0.29, 0.717) is 25.7 Å². The Morgan fingerprint density at radius 1 is 1.27 bits per heavy atom. The molecular formula is C18H27N5O3. The molecule has 1 aromatic carbocycles. The van der Waals surface area contributed by atoms with Crippen LogP contribution >= 0.6 is 0 Å². The summed E-state index contributed by atoms with van der Waals surface area (Å²) >= 11 is 0. The van der Waals surface area contributed by atoms with Gasteiger partial charge >= 0.3 is 6.09 Å². The van der Waals surface area contributed by atoms with E-state index in [0.717, 1.165) is 24.2 Å². The molecule has 2 N–H and O–H groups in total. The number of hydrogen-bond acceptors (Lipinski definition) is 4. The van der Waals surface area contributed by atoms with Crippen LogP contribution in [0.25, 0.3) is 0 Å². The number of rotatable bonds is 7. The van der Waals surface area contributed by atoms with E-state index in [1.54, 1.807) is 19.0 Å². The summed E-state index contributed by atoms with van der Waals surface area (Å²) in [6.07, 6.45) is 0.653. The zero-order valence-electron chi connectivity index (χ0n) is 15.6. The molecule has 1 aliphatic heterocycles. The van der Waals surface area contributed by atoms with Crippen LogP contribution in [0.4, 0.5) is 10.5 Å². The Kier molecular flexibility index (Phi) is 7.25. The molecule has 0 atom stereocenters. The van der Waals surface area contributed by atoms with Crippen LogP contribution in [0.15, 0.2) is 29.3 Å². The second kappa shape index (κ2) is 9.65. The van der Waals surface area contributed by atoms with Gasteiger partial charge in [0.15, 0.2) is 5.96 Å². The number of nitrogens with zero attached hydrogens (tertiary/aromatic N) is 3. The number of benzene rings is 1. The number of hydrogen-bond donors (Lipinski definition) is 2. The summed E-state index contributed by atoms with van der Waals surface area (Å²) < 4.78 is 4.95. The molecule has 2 amide bonds. The zero-order chi connectivity index (χ0) is 18.9. The Morgan fingerprint density at radius 3 is 2.58 bits per heavy atom. The summed E-state index contributed by atoms with van der Waals surface area (Å²) in [6, 6.07) is 7.65. The van der Waals surface area contributed by atoms with Crippen molar-refractivity contribution in [3.8, 4) is 0 Å². The molecule has 1 heterocycles. The van der Waals surface area contributed by atoms with Gasteiger partial charge in [0.1, 0.15) is 6.61 Å². The van der Waals surface area contributed by atoms with Crippen molar-refractivity contribution in [1.29, 1.82) is 0 Å². The molecule has 0 aromatic heterocycles. The van der Waals surface area contributed by atoms with Gasteiger partial charge < -0.3 is 20.3 Å². The van der Waals surface area contributed by atoms with E-state index in [9.17, 15) is 9.59 Å². The van der Waals surface area contributed by atoms with E-state index in [1.165, 1.54) is 4.90 Å². The molecule has 0 spiro atoms. The molecular weight excluding hydrogens is 334 g/mol. The van der Waals surface area contributed by atoms with E-state index < -0.39 is 0 Å². The molecule has 0 unspecified atom stereocenters. The molecule has 0 aliphatic carbocycles. The first-order chi connectivity index (χ1) is 12.5. The molecule has 0 bridgehead atoms. The Balaban J connectivity index is 1.96. The van der Waals surface area contributed by atoms with Crippen molar-refractivity contribution in [2.75, 3.05) is 45.2 Å². The van der Waals surface area contributed by atoms with Gasteiger partial charge in [0.05, 0.1) is 19.6 Å². The molecule has 8 nitrogen and oxygen atoms in total. The fourth-order valence-corrected chi connectivity index (χ4v) is 2.31. The molecule has 1 aromatic rings. The Bertz CT molecular complexity index is 643. The quantitative estimate of drug-likeness (QED) is 0.563. The number of cyclic esters (lactones) is 1. The first-order valence-corrected chi connectivity index (χ1v) is 8.77. The molecule has 26 heavy (non-hydrogen) atoms. The molecule has 142 valence electrons. The van der Waals surface area contributed by atoms with E-state index in [4.69, 9.17) is 4.74 Å². The molecule has 0 radical (unpaired) electrons. The molecule has 8 heteroatoms. The maximum absolute atomic E-state index is 11.7. The Labute approximate surface area is 154 Å². The number of guanidine groups is 1. The van der Waals surface area contributed by atoms with Crippen LogP contribution in [0, 0.1) is 0 Å². The minimum absolute atomic E-state index is 0.0159. The van der Waals surface area contributed by atoms with E-state index in [2.05, 4.69) is 22.5 Å². The Hall–Kier alpha value is -2.77. The van der Waals surface area contributed by atoms with E-state index in [1.807, 2.05) is 24.3 Å². The fraction of sp³-hybridized carbons (Fsp3) is 0.500. The summed E-state index contributed by atoms with van der Waals surface area (Å²) in [5, 5.41) is 6.24. The van der Waals surface area contributed by atoms with Gasteiger partial charge in [-0.1, -0.05) is 19.1 Å². The van der Waals surface area contributed by atoms with E-state index >= 15 is 0 Å². The largest absolute Gasteiger partial charge is 0.447 e. The number of carbonyl (C=O) groups is 2. The topological polar surface area (TPSA) is 86.3 Å². The lowest BCUT2D eigenvalue weighted by atomic mass is 10.2. The summed E-state index contributed by atoms with van der Waals surface area (Å²) in [6.45, 7) is 4.51. The minimum Gasteiger partial charge on any atom is -0.447 e. The average molecular weight is 361 g/mol. The smallest absolute Gasteiger partial charge is 0.414 e. The monoisotopic (exact) mass is 361 g/mol. The number of anilines is 1. The highest BCUT2D eigenvalue weighted by Gasteiger charge is 2.23. The highest BCUT2D eigenvalue weighted by molar-refractivity contribution is 5.89. The SMILES string of the molecule is CCCNC(=NCc1ccc(N2CCOC2=O)cc1)NCC(=O)N(C)C. The number of amides is 2. The summed E-state index contributed by atoms with van der Waals surface area (Å²) in [7, 11) is 3.44. The van der Waals surface area contributed by atoms with Crippen molar-refractivity contribution in [1.82, 2.24) is 15.5 Å². The van der Waals surface area contributed by atoms with Crippen LogP contribution in [-0.2, 0) is 16.1 Å². The first kappa shape index (κ1) is 19.6. The Morgan fingerprint density at radius 2 is 2.00 bits per heavy atom. The number of aliphatic imine (C=N–C) groups is 1. The maximum Gasteiger partial charge on any atom is 0.414 e. The van der Waals surface area contributed by atoms with Crippen LogP contribution in [0.5, 0.6) is 0 Å². The minimum atomic E-state index is -0.309. The fourth-order valence-electron chi connectivity index (χ4n) is 2.31. The molecule has 1 aliphatic rings. The summed E-state index contributed by atoms with van der Waals surface area (Å²) in [4.78, 5) is 31.0. The van der Waals surface area contributed by atoms with Crippen molar-refractivity contribution in [3.63, 3.8) is 0 Å². The standard InChI is InChI=1S/C18H27N5O3/c1-4-9-19-17(21-13-16(24)22(2)3)20-12-14-5-7-15(8-6-14)23-10-11-26-18(23)25/h5-8H,4,9-13H2,1-3H3,(H2,19,20,21). The van der Waals surface area contributed by atoms with Crippen LogP contribution in [0.3, 0.4) is 0 Å². The van der Waals surface area contributed by atoms with Gasteiger partial charge in [-0.15, -0.1) is 0 Å². The lowest BCUT2D eigenvalue weighted by Gasteiger charge is -2.15. The van der Waals surface area contributed by atoms with Crippen LogP contribution < -0.4 is 15.5 Å².